The maximum absolute atomic E-state index is 5.66. The minimum absolute atomic E-state index is 0.273. The van der Waals surface area contributed by atoms with E-state index in [9.17, 15) is 0 Å². The van der Waals surface area contributed by atoms with Crippen LogP contribution in [0, 0.1) is 5.92 Å². The third kappa shape index (κ3) is 3.00. The summed E-state index contributed by atoms with van der Waals surface area (Å²) in [5.41, 5.74) is 6.45. The Morgan fingerprint density at radius 2 is 2.25 bits per heavy atom. The van der Waals surface area contributed by atoms with Crippen molar-refractivity contribution in [3.8, 4) is 0 Å². The van der Waals surface area contributed by atoms with E-state index in [0.29, 0.717) is 0 Å². The Kier molecular flexibility index (Phi) is 3.85. The van der Waals surface area contributed by atoms with Gasteiger partial charge in [0.2, 0.25) is 0 Å². The first-order valence-corrected chi connectivity index (χ1v) is 5.93. The van der Waals surface area contributed by atoms with Gasteiger partial charge >= 0.3 is 0 Å². The zero-order valence-corrected chi connectivity index (χ0v) is 9.86. The Labute approximate surface area is 97.1 Å². The quantitative estimate of drug-likeness (QED) is 0.737. The molecule has 0 radical (unpaired) electrons. The fourth-order valence-corrected chi connectivity index (χ4v) is 2.21. The smallest absolute Gasteiger partial charge is 0.0983 e. The van der Waals surface area contributed by atoms with Gasteiger partial charge in [0.15, 0.2) is 0 Å². The first kappa shape index (κ1) is 11.5. The SMILES string of the molecule is CN(CC1CCOCC1)C1C=CC(N)=CN1. The second-order valence-electron chi connectivity index (χ2n) is 4.61. The molecule has 0 amide bonds. The highest BCUT2D eigenvalue weighted by Gasteiger charge is 2.19. The lowest BCUT2D eigenvalue weighted by Gasteiger charge is -2.32. The molecule has 0 aromatic rings. The van der Waals surface area contributed by atoms with Crippen molar-refractivity contribution >= 4 is 0 Å². The maximum Gasteiger partial charge on any atom is 0.0983 e. The third-order valence-electron chi connectivity index (χ3n) is 3.25. The molecule has 2 aliphatic heterocycles. The minimum Gasteiger partial charge on any atom is -0.398 e. The highest BCUT2D eigenvalue weighted by molar-refractivity contribution is 5.20. The van der Waals surface area contributed by atoms with E-state index in [2.05, 4.69) is 23.3 Å². The molecule has 2 rings (SSSR count). The van der Waals surface area contributed by atoms with Crippen LogP contribution in [0.15, 0.2) is 24.0 Å². The monoisotopic (exact) mass is 223 g/mol. The van der Waals surface area contributed by atoms with Gasteiger partial charge in [0.1, 0.15) is 0 Å². The van der Waals surface area contributed by atoms with E-state index in [1.54, 1.807) is 0 Å². The number of nitrogens with two attached hydrogens (primary N) is 1. The van der Waals surface area contributed by atoms with E-state index < -0.39 is 0 Å². The van der Waals surface area contributed by atoms with Crippen molar-refractivity contribution in [3.63, 3.8) is 0 Å². The molecule has 3 N–H and O–H groups in total. The zero-order chi connectivity index (χ0) is 11.4. The van der Waals surface area contributed by atoms with Crippen LogP contribution in [0.2, 0.25) is 0 Å². The van der Waals surface area contributed by atoms with E-state index in [1.807, 2.05) is 12.3 Å². The number of nitrogens with one attached hydrogen (secondary N) is 1. The number of ether oxygens (including phenoxy) is 1. The molecule has 0 bridgehead atoms. The topological polar surface area (TPSA) is 50.5 Å². The van der Waals surface area contributed by atoms with Crippen molar-refractivity contribution in [1.29, 1.82) is 0 Å². The van der Waals surface area contributed by atoms with Crippen molar-refractivity contribution in [3.05, 3.63) is 24.0 Å². The van der Waals surface area contributed by atoms with Gasteiger partial charge in [-0.3, -0.25) is 4.90 Å². The van der Waals surface area contributed by atoms with Crippen molar-refractivity contribution in [2.75, 3.05) is 26.8 Å². The van der Waals surface area contributed by atoms with Gasteiger partial charge in [-0.15, -0.1) is 0 Å². The molecule has 0 saturated carbocycles. The normalized spacial score (nSPS) is 26.6. The van der Waals surface area contributed by atoms with Gasteiger partial charge in [-0.25, -0.2) is 0 Å². The van der Waals surface area contributed by atoms with Gasteiger partial charge in [-0.05, 0) is 38.0 Å². The molecular formula is C12H21N3O. The van der Waals surface area contributed by atoms with Crippen molar-refractivity contribution in [1.82, 2.24) is 10.2 Å². The van der Waals surface area contributed by atoms with Crippen LogP contribution in [0.5, 0.6) is 0 Å². The fourth-order valence-electron chi connectivity index (χ4n) is 2.21. The number of rotatable bonds is 3. The Balaban J connectivity index is 1.79. The van der Waals surface area contributed by atoms with Gasteiger partial charge in [0, 0.05) is 31.7 Å². The Morgan fingerprint density at radius 1 is 1.50 bits per heavy atom. The Morgan fingerprint density at radius 3 is 2.88 bits per heavy atom. The molecule has 90 valence electrons. The first-order chi connectivity index (χ1) is 7.75. The second kappa shape index (κ2) is 5.37. The molecule has 4 nitrogen and oxygen atoms in total. The van der Waals surface area contributed by atoms with Crippen molar-refractivity contribution in [2.45, 2.75) is 19.0 Å². The van der Waals surface area contributed by atoms with Gasteiger partial charge in [-0.1, -0.05) is 0 Å². The highest BCUT2D eigenvalue weighted by atomic mass is 16.5. The van der Waals surface area contributed by atoms with E-state index in [-0.39, 0.29) is 6.17 Å². The molecule has 0 spiro atoms. The predicted molar refractivity (Wildman–Crippen MR) is 64.5 cm³/mol. The number of hydrogen-bond donors (Lipinski definition) is 2. The largest absolute Gasteiger partial charge is 0.398 e. The predicted octanol–water partition coefficient (Wildman–Crippen LogP) is 0.630. The summed E-state index contributed by atoms with van der Waals surface area (Å²) in [6.45, 7) is 2.94. The lowest BCUT2D eigenvalue weighted by atomic mass is 9.99. The molecule has 0 aromatic carbocycles. The highest BCUT2D eigenvalue weighted by Crippen LogP contribution is 2.16. The molecular weight excluding hydrogens is 202 g/mol. The molecule has 1 fully saturated rings. The summed E-state index contributed by atoms with van der Waals surface area (Å²) in [5.74, 6) is 0.761. The van der Waals surface area contributed by atoms with Crippen LogP contribution in [-0.2, 0) is 4.74 Å². The molecule has 2 heterocycles. The number of likely N-dealkylation sites (N-methyl/N-ethyl adjacent to an activating group) is 1. The Bertz CT molecular complexity index is 282. The number of nitrogens with zero attached hydrogens (tertiary/aromatic N) is 1. The molecule has 4 heteroatoms. The summed E-state index contributed by atoms with van der Waals surface area (Å²) in [4.78, 5) is 2.33. The maximum atomic E-state index is 5.66. The first-order valence-electron chi connectivity index (χ1n) is 5.93. The Hall–Kier alpha value is -1.00. The van der Waals surface area contributed by atoms with E-state index in [1.165, 1.54) is 12.8 Å². The minimum atomic E-state index is 0.273. The second-order valence-corrected chi connectivity index (χ2v) is 4.61. The third-order valence-corrected chi connectivity index (χ3v) is 3.25. The summed E-state index contributed by atoms with van der Waals surface area (Å²) in [6.07, 6.45) is 8.56. The molecule has 16 heavy (non-hydrogen) atoms. The van der Waals surface area contributed by atoms with Crippen LogP contribution >= 0.6 is 0 Å². The van der Waals surface area contributed by atoms with Crippen LogP contribution in [0.1, 0.15) is 12.8 Å². The van der Waals surface area contributed by atoms with Crippen LogP contribution in [0.25, 0.3) is 0 Å². The summed E-state index contributed by atoms with van der Waals surface area (Å²) >= 11 is 0. The number of hydrogen-bond acceptors (Lipinski definition) is 4. The molecule has 1 unspecified atom stereocenters. The molecule has 1 saturated heterocycles. The molecule has 0 aliphatic carbocycles. The summed E-state index contributed by atoms with van der Waals surface area (Å²) in [6, 6.07) is 0. The molecule has 2 aliphatic rings. The fraction of sp³-hybridized carbons (Fsp3) is 0.667. The lowest BCUT2D eigenvalue weighted by molar-refractivity contribution is 0.0517. The van der Waals surface area contributed by atoms with Gasteiger partial charge < -0.3 is 15.8 Å². The van der Waals surface area contributed by atoms with Gasteiger partial charge in [0.05, 0.1) is 6.17 Å². The van der Waals surface area contributed by atoms with E-state index in [4.69, 9.17) is 10.5 Å². The van der Waals surface area contributed by atoms with Gasteiger partial charge in [0.25, 0.3) is 0 Å². The van der Waals surface area contributed by atoms with E-state index >= 15 is 0 Å². The summed E-state index contributed by atoms with van der Waals surface area (Å²) < 4.78 is 5.37. The molecule has 0 aromatic heterocycles. The van der Waals surface area contributed by atoms with Crippen molar-refractivity contribution in [2.24, 2.45) is 11.7 Å². The van der Waals surface area contributed by atoms with Gasteiger partial charge in [-0.2, -0.15) is 0 Å². The summed E-state index contributed by atoms with van der Waals surface area (Å²) in [5, 5.41) is 3.28. The van der Waals surface area contributed by atoms with Crippen molar-refractivity contribution < 1.29 is 4.74 Å². The number of dihydropyridines is 1. The zero-order valence-electron chi connectivity index (χ0n) is 9.86. The average Bonchev–Trinajstić information content (AvgIpc) is 2.31. The average molecular weight is 223 g/mol. The lowest BCUT2D eigenvalue weighted by Crippen LogP contribution is -2.44. The molecule has 1 atom stereocenters. The van der Waals surface area contributed by atoms with Crippen LogP contribution in [-0.4, -0.2) is 37.9 Å². The number of allylic oxidation sites excluding steroid dienone is 1. The van der Waals surface area contributed by atoms with Crippen LogP contribution < -0.4 is 11.1 Å². The van der Waals surface area contributed by atoms with E-state index in [0.717, 1.165) is 31.4 Å². The standard InChI is InChI=1S/C12H21N3O/c1-15(9-10-4-6-16-7-5-10)12-3-2-11(13)8-14-12/h2-3,8,10,12,14H,4-7,9,13H2,1H3. The van der Waals surface area contributed by atoms with Crippen LogP contribution in [0.4, 0.5) is 0 Å². The summed E-state index contributed by atoms with van der Waals surface area (Å²) in [7, 11) is 2.15. The van der Waals surface area contributed by atoms with Crippen LogP contribution in [0.3, 0.4) is 0 Å².